The Kier molecular flexibility index (Phi) is 8.21. The molecule has 1 N–H and O–H groups in total. The topological polar surface area (TPSA) is 46.5 Å². The van der Waals surface area contributed by atoms with Gasteiger partial charge in [0.05, 0.1) is 6.61 Å². The third kappa shape index (κ3) is 5.45. The average molecular weight is 449 g/mol. The molecule has 0 aromatic heterocycles. The van der Waals surface area contributed by atoms with Crippen LogP contribution in [0.4, 0.5) is 13.2 Å². The molecule has 1 aliphatic carbocycles. The van der Waals surface area contributed by atoms with Crippen molar-refractivity contribution in [1.29, 1.82) is 0 Å². The molecule has 3 rings (SSSR count). The first-order valence-corrected chi connectivity index (χ1v) is 11.4. The van der Waals surface area contributed by atoms with E-state index in [4.69, 9.17) is 9.84 Å². The highest BCUT2D eigenvalue weighted by atomic mass is 19.2. The van der Waals surface area contributed by atoms with Crippen molar-refractivity contribution in [3.05, 3.63) is 53.6 Å². The summed E-state index contributed by atoms with van der Waals surface area (Å²) in [5.74, 6) is -1.94. The van der Waals surface area contributed by atoms with Crippen molar-refractivity contribution in [1.82, 2.24) is 0 Å². The molecule has 0 spiro atoms. The third-order valence-corrected chi connectivity index (χ3v) is 6.76. The minimum absolute atomic E-state index is 0.0689. The van der Waals surface area contributed by atoms with Crippen LogP contribution in [0.15, 0.2) is 36.4 Å². The van der Waals surface area contributed by atoms with Gasteiger partial charge in [0.1, 0.15) is 5.75 Å². The van der Waals surface area contributed by atoms with Crippen molar-refractivity contribution in [3.63, 3.8) is 0 Å². The summed E-state index contributed by atoms with van der Waals surface area (Å²) in [6.45, 7) is 4.25. The van der Waals surface area contributed by atoms with Gasteiger partial charge in [0.15, 0.2) is 17.8 Å². The highest BCUT2D eigenvalue weighted by Crippen LogP contribution is 2.43. The molecular formula is C26H31F3O3. The van der Waals surface area contributed by atoms with Gasteiger partial charge in [-0.3, -0.25) is 0 Å². The molecule has 3 nitrogen and oxygen atoms in total. The third-order valence-electron chi connectivity index (χ3n) is 6.76. The van der Waals surface area contributed by atoms with Crippen LogP contribution >= 0.6 is 0 Å². The second-order valence-electron chi connectivity index (χ2n) is 8.61. The van der Waals surface area contributed by atoms with E-state index in [1.54, 1.807) is 12.1 Å². The molecule has 174 valence electrons. The number of hydrogen-bond acceptors (Lipinski definition) is 2. The summed E-state index contributed by atoms with van der Waals surface area (Å²) in [4.78, 5) is 10.9. The molecule has 32 heavy (non-hydrogen) atoms. The normalized spacial score (nSPS) is 20.5. The van der Waals surface area contributed by atoms with Gasteiger partial charge in [0, 0.05) is 11.1 Å². The quantitative estimate of drug-likeness (QED) is 0.443. The molecule has 0 amide bonds. The van der Waals surface area contributed by atoms with Gasteiger partial charge in [-0.05, 0) is 74.5 Å². The van der Waals surface area contributed by atoms with E-state index in [9.17, 15) is 18.0 Å². The Bertz CT molecular complexity index is 923. The summed E-state index contributed by atoms with van der Waals surface area (Å²) in [7, 11) is 0. The maximum atomic E-state index is 14.4. The number of carboxylic acid groups (broad SMARTS) is 1. The molecule has 1 aliphatic rings. The first-order chi connectivity index (χ1) is 15.3. The molecule has 2 aromatic carbocycles. The Hall–Kier alpha value is -2.50. The Balaban J connectivity index is 1.75. The molecule has 2 aromatic rings. The van der Waals surface area contributed by atoms with Crippen molar-refractivity contribution < 1.29 is 27.8 Å². The number of benzene rings is 2. The summed E-state index contributed by atoms with van der Waals surface area (Å²) >= 11 is 0. The summed E-state index contributed by atoms with van der Waals surface area (Å²) < 4.78 is 47.6. The van der Waals surface area contributed by atoms with Crippen LogP contribution in [-0.2, 0) is 4.79 Å². The Labute approximate surface area is 187 Å². The molecule has 0 aliphatic heterocycles. The lowest BCUT2D eigenvalue weighted by molar-refractivity contribution is -0.143. The smallest absolute Gasteiger partial charge is 0.338 e. The molecule has 1 unspecified atom stereocenters. The van der Waals surface area contributed by atoms with Gasteiger partial charge in [0.2, 0.25) is 0 Å². The van der Waals surface area contributed by atoms with Crippen LogP contribution in [0.5, 0.6) is 5.75 Å². The van der Waals surface area contributed by atoms with E-state index in [1.807, 2.05) is 26.0 Å². The standard InChI is InChI=1S/C26H31F3O3/c1-3-16(14-23(28)26(30)31)17-8-10-18(11-9-17)19-12-13-20(24(15-19)32-4-2)21-6-5-7-22(27)25(21)29/h5-7,12-13,15-18,23H,3-4,8-11,14H2,1-2H3,(H,30,31)/t16?,17-,18-,23-/m0/s1. The summed E-state index contributed by atoms with van der Waals surface area (Å²) in [5.41, 5.74) is 1.79. The van der Waals surface area contributed by atoms with E-state index < -0.39 is 23.8 Å². The SMILES string of the molecule is CCOc1cc([C@H]2CC[C@H](C(CC)C[C@H](F)C(=O)O)CC2)ccc1-c1cccc(F)c1F. The zero-order chi connectivity index (χ0) is 23.3. The first kappa shape index (κ1) is 24.1. The molecule has 1 saturated carbocycles. The lowest BCUT2D eigenvalue weighted by Gasteiger charge is -2.34. The van der Waals surface area contributed by atoms with Gasteiger partial charge in [0.25, 0.3) is 0 Å². The van der Waals surface area contributed by atoms with Gasteiger partial charge < -0.3 is 9.84 Å². The van der Waals surface area contributed by atoms with Crippen LogP contribution in [0.2, 0.25) is 0 Å². The number of halogens is 3. The fraction of sp³-hybridized carbons (Fsp3) is 0.500. The number of carbonyl (C=O) groups is 1. The number of aliphatic carboxylic acids is 1. The van der Waals surface area contributed by atoms with Crippen LogP contribution in [-0.4, -0.2) is 23.9 Å². The summed E-state index contributed by atoms with van der Waals surface area (Å²) in [6.07, 6.45) is 2.71. The summed E-state index contributed by atoms with van der Waals surface area (Å²) in [6, 6.07) is 9.78. The van der Waals surface area contributed by atoms with Gasteiger partial charge in [-0.2, -0.15) is 0 Å². The van der Waals surface area contributed by atoms with Gasteiger partial charge in [-0.15, -0.1) is 0 Å². The predicted molar refractivity (Wildman–Crippen MR) is 119 cm³/mol. The van der Waals surface area contributed by atoms with E-state index in [0.29, 0.717) is 29.8 Å². The Morgan fingerprint density at radius 2 is 1.81 bits per heavy atom. The lowest BCUT2D eigenvalue weighted by Crippen LogP contribution is -2.26. The van der Waals surface area contributed by atoms with E-state index in [1.165, 1.54) is 6.07 Å². The van der Waals surface area contributed by atoms with Crippen LogP contribution in [0.1, 0.15) is 63.9 Å². The van der Waals surface area contributed by atoms with Crippen molar-refractivity contribution in [2.45, 2.75) is 64.5 Å². The van der Waals surface area contributed by atoms with Crippen LogP contribution in [0, 0.1) is 23.5 Å². The van der Waals surface area contributed by atoms with Crippen LogP contribution in [0.3, 0.4) is 0 Å². The second kappa shape index (κ2) is 10.9. The van der Waals surface area contributed by atoms with Crippen molar-refractivity contribution in [2.24, 2.45) is 11.8 Å². The largest absolute Gasteiger partial charge is 0.493 e. The Morgan fingerprint density at radius 1 is 1.09 bits per heavy atom. The molecule has 6 heteroatoms. The van der Waals surface area contributed by atoms with Crippen molar-refractivity contribution in [2.75, 3.05) is 6.61 Å². The number of ether oxygens (including phenoxy) is 1. The average Bonchev–Trinajstić information content (AvgIpc) is 2.79. The zero-order valence-corrected chi connectivity index (χ0v) is 18.6. The van der Waals surface area contributed by atoms with Gasteiger partial charge in [-0.25, -0.2) is 18.0 Å². The van der Waals surface area contributed by atoms with Crippen molar-refractivity contribution >= 4 is 5.97 Å². The van der Waals surface area contributed by atoms with Gasteiger partial charge in [-0.1, -0.05) is 37.6 Å². The molecule has 0 saturated heterocycles. The number of rotatable bonds is 9. The molecule has 1 fully saturated rings. The number of carboxylic acids is 1. The highest BCUT2D eigenvalue weighted by Gasteiger charge is 2.31. The Morgan fingerprint density at radius 3 is 2.44 bits per heavy atom. The maximum Gasteiger partial charge on any atom is 0.338 e. The van der Waals surface area contributed by atoms with Crippen LogP contribution < -0.4 is 4.74 Å². The molecular weight excluding hydrogens is 417 g/mol. The monoisotopic (exact) mass is 448 g/mol. The van der Waals surface area contributed by atoms with E-state index in [0.717, 1.165) is 43.7 Å². The molecule has 0 bridgehead atoms. The highest BCUT2D eigenvalue weighted by molar-refractivity contribution is 5.72. The second-order valence-corrected chi connectivity index (χ2v) is 8.61. The minimum Gasteiger partial charge on any atom is -0.493 e. The fourth-order valence-corrected chi connectivity index (χ4v) is 4.99. The zero-order valence-electron chi connectivity index (χ0n) is 18.6. The lowest BCUT2D eigenvalue weighted by atomic mass is 9.71. The fourth-order valence-electron chi connectivity index (χ4n) is 4.99. The van der Waals surface area contributed by atoms with Crippen molar-refractivity contribution in [3.8, 4) is 16.9 Å². The maximum absolute atomic E-state index is 14.4. The number of alkyl halides is 1. The van der Waals surface area contributed by atoms with E-state index in [2.05, 4.69) is 0 Å². The number of hydrogen-bond donors (Lipinski definition) is 1. The molecule has 0 radical (unpaired) electrons. The minimum atomic E-state index is -1.80. The predicted octanol–water partition coefficient (Wildman–Crippen LogP) is 7.14. The molecule has 0 heterocycles. The van der Waals surface area contributed by atoms with Crippen LogP contribution in [0.25, 0.3) is 11.1 Å². The van der Waals surface area contributed by atoms with Gasteiger partial charge >= 0.3 is 5.97 Å². The summed E-state index contributed by atoms with van der Waals surface area (Å²) in [5, 5.41) is 8.89. The van der Waals surface area contributed by atoms with E-state index in [-0.39, 0.29) is 17.9 Å². The molecule has 2 atom stereocenters. The van der Waals surface area contributed by atoms with E-state index >= 15 is 0 Å². The first-order valence-electron chi connectivity index (χ1n) is 11.4.